The molecule has 5 aromatic rings. The molecule has 0 unspecified atom stereocenters. The lowest BCUT2D eigenvalue weighted by atomic mass is 10.1. The first-order valence-electron chi connectivity index (χ1n) is 10.6. The van der Waals surface area contributed by atoms with Crippen LogP contribution in [-0.4, -0.2) is 63.3 Å². The maximum Gasteiger partial charge on any atom is 0.181 e. The van der Waals surface area contributed by atoms with Gasteiger partial charge < -0.3 is 14.8 Å². The van der Waals surface area contributed by atoms with E-state index in [2.05, 4.69) is 72.3 Å². The summed E-state index contributed by atoms with van der Waals surface area (Å²) in [7, 11) is 2.18. The van der Waals surface area contributed by atoms with Crippen LogP contribution in [0.4, 0.5) is 5.69 Å². The molecule has 1 fully saturated rings. The minimum absolute atomic E-state index is 0.714. The number of hydrogen-bond acceptors (Lipinski definition) is 5. The third-order valence-corrected chi connectivity index (χ3v) is 6.18. The SMILES string of the molecule is CN1CCN(c2cccc3[nH]c(-c4[nH]nc5ncc(-c6ccncc6)cc45)cc23)CC1. The summed E-state index contributed by atoms with van der Waals surface area (Å²) in [5.41, 5.74) is 7.25. The normalized spacial score (nSPS) is 15.2. The van der Waals surface area contributed by atoms with Crippen molar-refractivity contribution in [3.05, 3.63) is 61.1 Å². The van der Waals surface area contributed by atoms with Gasteiger partial charge in [0.05, 0.1) is 11.4 Å². The first kappa shape index (κ1) is 18.1. The number of rotatable bonds is 3. The lowest BCUT2D eigenvalue weighted by Gasteiger charge is -2.34. The van der Waals surface area contributed by atoms with Crippen molar-refractivity contribution in [2.75, 3.05) is 38.1 Å². The summed E-state index contributed by atoms with van der Waals surface area (Å²) < 4.78 is 0. The molecule has 31 heavy (non-hydrogen) atoms. The topological polar surface area (TPSA) is 76.7 Å². The maximum atomic E-state index is 4.57. The van der Waals surface area contributed by atoms with E-state index in [4.69, 9.17) is 0 Å². The molecule has 0 saturated carbocycles. The first-order chi connectivity index (χ1) is 15.3. The van der Waals surface area contributed by atoms with Gasteiger partial charge in [0.2, 0.25) is 0 Å². The van der Waals surface area contributed by atoms with Crippen molar-refractivity contribution in [3.8, 4) is 22.5 Å². The van der Waals surface area contributed by atoms with Crippen molar-refractivity contribution in [1.29, 1.82) is 0 Å². The van der Waals surface area contributed by atoms with E-state index in [1.807, 2.05) is 18.3 Å². The molecule has 6 rings (SSSR count). The highest BCUT2D eigenvalue weighted by Crippen LogP contribution is 2.34. The van der Waals surface area contributed by atoms with Crippen LogP contribution in [0.15, 0.2) is 61.1 Å². The van der Waals surface area contributed by atoms with Gasteiger partial charge in [-0.3, -0.25) is 10.1 Å². The fourth-order valence-corrected chi connectivity index (χ4v) is 4.40. The maximum absolute atomic E-state index is 4.57. The number of likely N-dealkylation sites (N-methyl/N-ethyl adjacent to an activating group) is 1. The average Bonchev–Trinajstić information content (AvgIpc) is 3.43. The number of nitrogens with zero attached hydrogens (tertiary/aromatic N) is 5. The molecular weight excluding hydrogens is 386 g/mol. The highest BCUT2D eigenvalue weighted by molar-refractivity contribution is 6.00. The number of aromatic amines is 2. The van der Waals surface area contributed by atoms with Crippen molar-refractivity contribution in [2.45, 2.75) is 0 Å². The molecule has 154 valence electrons. The lowest BCUT2D eigenvalue weighted by Crippen LogP contribution is -2.44. The molecule has 0 aliphatic carbocycles. The van der Waals surface area contributed by atoms with Crippen molar-refractivity contribution in [2.24, 2.45) is 0 Å². The number of fused-ring (bicyclic) bond motifs is 2. The Kier molecular flexibility index (Phi) is 4.21. The molecule has 0 radical (unpaired) electrons. The number of nitrogens with one attached hydrogen (secondary N) is 2. The van der Waals surface area contributed by atoms with E-state index in [-0.39, 0.29) is 0 Å². The van der Waals surface area contributed by atoms with Gasteiger partial charge in [-0.1, -0.05) is 6.07 Å². The summed E-state index contributed by atoms with van der Waals surface area (Å²) in [4.78, 5) is 17.1. The second kappa shape index (κ2) is 7.21. The van der Waals surface area contributed by atoms with E-state index in [9.17, 15) is 0 Å². The van der Waals surface area contributed by atoms with Crippen LogP contribution in [0, 0.1) is 0 Å². The summed E-state index contributed by atoms with van der Waals surface area (Å²) in [6, 6.07) is 14.8. The van der Waals surface area contributed by atoms with Crippen LogP contribution in [0.25, 0.3) is 44.5 Å². The van der Waals surface area contributed by atoms with Crippen LogP contribution in [0.3, 0.4) is 0 Å². The molecule has 1 aliphatic rings. The van der Waals surface area contributed by atoms with E-state index in [1.165, 1.54) is 11.1 Å². The van der Waals surface area contributed by atoms with Gasteiger partial charge in [-0.15, -0.1) is 0 Å². The molecule has 0 bridgehead atoms. The Morgan fingerprint density at radius 1 is 0.903 bits per heavy atom. The van der Waals surface area contributed by atoms with E-state index < -0.39 is 0 Å². The average molecular weight is 409 g/mol. The monoisotopic (exact) mass is 409 g/mol. The summed E-state index contributed by atoms with van der Waals surface area (Å²) in [6.07, 6.45) is 5.46. The van der Waals surface area contributed by atoms with Crippen LogP contribution >= 0.6 is 0 Å². The Bertz CT molecular complexity index is 1360. The summed E-state index contributed by atoms with van der Waals surface area (Å²) in [5.74, 6) is 0. The van der Waals surface area contributed by atoms with Gasteiger partial charge in [-0.05, 0) is 49.0 Å². The summed E-state index contributed by atoms with van der Waals surface area (Å²) in [6.45, 7) is 4.26. The fourth-order valence-electron chi connectivity index (χ4n) is 4.40. The Hall–Kier alpha value is -3.71. The third kappa shape index (κ3) is 3.14. The van der Waals surface area contributed by atoms with Crippen molar-refractivity contribution in [1.82, 2.24) is 30.0 Å². The molecule has 0 amide bonds. The van der Waals surface area contributed by atoms with Crippen molar-refractivity contribution >= 4 is 27.6 Å². The molecule has 2 N–H and O–H groups in total. The van der Waals surface area contributed by atoms with E-state index in [1.54, 1.807) is 12.4 Å². The highest BCUT2D eigenvalue weighted by Gasteiger charge is 2.19. The van der Waals surface area contributed by atoms with Crippen LogP contribution in [-0.2, 0) is 0 Å². The molecule has 0 spiro atoms. The molecule has 7 heteroatoms. The molecular formula is C24H23N7. The van der Waals surface area contributed by atoms with Crippen LogP contribution in [0.5, 0.6) is 0 Å². The van der Waals surface area contributed by atoms with Gasteiger partial charge in [0, 0.05) is 72.3 Å². The Balaban J connectivity index is 1.44. The van der Waals surface area contributed by atoms with Gasteiger partial charge in [0.25, 0.3) is 0 Å². The van der Waals surface area contributed by atoms with Gasteiger partial charge in [-0.2, -0.15) is 5.10 Å². The van der Waals surface area contributed by atoms with Gasteiger partial charge >= 0.3 is 0 Å². The molecule has 7 nitrogen and oxygen atoms in total. The first-order valence-corrected chi connectivity index (χ1v) is 10.6. The number of H-pyrrole nitrogens is 2. The quantitative estimate of drug-likeness (QED) is 0.472. The molecule has 4 aromatic heterocycles. The number of benzene rings is 1. The Morgan fingerprint density at radius 3 is 2.58 bits per heavy atom. The van der Waals surface area contributed by atoms with E-state index >= 15 is 0 Å². The fraction of sp³-hybridized carbons (Fsp3) is 0.208. The zero-order valence-corrected chi connectivity index (χ0v) is 17.3. The summed E-state index contributed by atoms with van der Waals surface area (Å²) >= 11 is 0. The molecule has 0 atom stereocenters. The molecule has 5 heterocycles. The predicted molar refractivity (Wildman–Crippen MR) is 124 cm³/mol. The molecule has 1 aliphatic heterocycles. The van der Waals surface area contributed by atoms with E-state index in [0.717, 1.165) is 59.6 Å². The third-order valence-electron chi connectivity index (χ3n) is 6.18. The Labute approximate surface area is 179 Å². The van der Waals surface area contributed by atoms with Crippen LogP contribution in [0.1, 0.15) is 0 Å². The number of anilines is 1. The Morgan fingerprint density at radius 2 is 1.74 bits per heavy atom. The zero-order chi connectivity index (χ0) is 20.8. The zero-order valence-electron chi connectivity index (χ0n) is 17.3. The molecule has 1 saturated heterocycles. The van der Waals surface area contributed by atoms with Gasteiger partial charge in [0.1, 0.15) is 0 Å². The van der Waals surface area contributed by atoms with Crippen molar-refractivity contribution in [3.63, 3.8) is 0 Å². The predicted octanol–water partition coefficient (Wildman–Crippen LogP) is 3.92. The van der Waals surface area contributed by atoms with Crippen LogP contribution < -0.4 is 4.90 Å². The smallest absolute Gasteiger partial charge is 0.181 e. The largest absolute Gasteiger partial charge is 0.368 e. The second-order valence-corrected chi connectivity index (χ2v) is 8.14. The highest BCUT2D eigenvalue weighted by atomic mass is 15.2. The molecule has 1 aromatic carbocycles. The standard InChI is InChI=1S/C24H23N7/c1-30-9-11-31(12-10-30)22-4-2-3-20-18(22)14-21(27-20)23-19-13-17(15-26-24(19)29-28-23)16-5-7-25-8-6-16/h2-8,13-15,27H,9-12H2,1H3,(H,26,28,29). The number of aromatic nitrogens is 5. The number of piperazine rings is 1. The minimum atomic E-state index is 0.714. The number of pyridine rings is 2. The second-order valence-electron chi connectivity index (χ2n) is 8.14. The summed E-state index contributed by atoms with van der Waals surface area (Å²) in [5, 5.41) is 9.88. The van der Waals surface area contributed by atoms with Gasteiger partial charge in [-0.25, -0.2) is 4.98 Å². The van der Waals surface area contributed by atoms with Gasteiger partial charge in [0.15, 0.2) is 5.65 Å². The van der Waals surface area contributed by atoms with Crippen molar-refractivity contribution < 1.29 is 0 Å². The lowest BCUT2D eigenvalue weighted by molar-refractivity contribution is 0.313. The van der Waals surface area contributed by atoms with E-state index in [0.29, 0.717) is 5.65 Å². The van der Waals surface area contributed by atoms with Crippen LogP contribution in [0.2, 0.25) is 0 Å². The minimum Gasteiger partial charge on any atom is -0.368 e. The number of hydrogen-bond donors (Lipinski definition) is 2.